The average molecular weight is 459 g/mol. The van der Waals surface area contributed by atoms with Crippen LogP contribution in [0.5, 0.6) is 0 Å². The zero-order chi connectivity index (χ0) is 22.4. The Morgan fingerprint density at radius 1 is 1.00 bits per heavy atom. The standard InChI is InChI=1S/C23H23ClN2O4S/c1-14(21(27)26-20-9-5-4-8-19(20)24)31-16-12-10-15(11-13-16)25-22(28)17-6-2-3-7-18(17)23(29)30/h2-5,8-14,17-18H,6-7H2,1H3,(H,25,28)(H,26,27)(H,29,30). The van der Waals surface area contributed by atoms with Crippen molar-refractivity contribution < 1.29 is 19.5 Å². The van der Waals surface area contributed by atoms with Gasteiger partial charge < -0.3 is 15.7 Å². The van der Waals surface area contributed by atoms with Gasteiger partial charge in [-0.2, -0.15) is 0 Å². The summed E-state index contributed by atoms with van der Waals surface area (Å²) in [5, 5.41) is 15.1. The fourth-order valence-corrected chi connectivity index (χ4v) is 4.33. The van der Waals surface area contributed by atoms with E-state index in [-0.39, 0.29) is 17.1 Å². The van der Waals surface area contributed by atoms with Crippen molar-refractivity contribution in [2.45, 2.75) is 29.9 Å². The molecule has 3 rings (SSSR count). The number of thioether (sulfide) groups is 1. The number of hydrogen-bond acceptors (Lipinski definition) is 4. The molecule has 2 aromatic carbocycles. The van der Waals surface area contributed by atoms with Crippen LogP contribution in [-0.4, -0.2) is 28.1 Å². The molecule has 0 saturated carbocycles. The van der Waals surface area contributed by atoms with E-state index in [0.29, 0.717) is 29.2 Å². The zero-order valence-electron chi connectivity index (χ0n) is 16.9. The lowest BCUT2D eigenvalue weighted by Gasteiger charge is -2.24. The number of carboxylic acid groups (broad SMARTS) is 1. The lowest BCUT2D eigenvalue weighted by Crippen LogP contribution is -2.34. The van der Waals surface area contributed by atoms with E-state index >= 15 is 0 Å². The molecule has 8 heteroatoms. The minimum atomic E-state index is -0.958. The van der Waals surface area contributed by atoms with Crippen LogP contribution in [0.1, 0.15) is 19.8 Å². The third-order valence-electron chi connectivity index (χ3n) is 5.02. The summed E-state index contributed by atoms with van der Waals surface area (Å²) < 4.78 is 0. The van der Waals surface area contributed by atoms with Crippen molar-refractivity contribution in [3.8, 4) is 0 Å². The van der Waals surface area contributed by atoms with Crippen molar-refractivity contribution >= 4 is 52.5 Å². The van der Waals surface area contributed by atoms with Crippen molar-refractivity contribution in [1.82, 2.24) is 0 Å². The van der Waals surface area contributed by atoms with Gasteiger partial charge in [-0.25, -0.2) is 0 Å². The number of carboxylic acids is 1. The average Bonchev–Trinajstić information content (AvgIpc) is 2.76. The molecule has 0 fully saturated rings. The van der Waals surface area contributed by atoms with Crippen molar-refractivity contribution in [2.75, 3.05) is 10.6 Å². The largest absolute Gasteiger partial charge is 0.481 e. The first-order chi connectivity index (χ1) is 14.8. The minimum absolute atomic E-state index is 0.166. The molecule has 6 nitrogen and oxygen atoms in total. The van der Waals surface area contributed by atoms with Crippen LogP contribution >= 0.6 is 23.4 Å². The summed E-state index contributed by atoms with van der Waals surface area (Å²) in [7, 11) is 0. The highest BCUT2D eigenvalue weighted by Crippen LogP contribution is 2.29. The molecule has 1 aliphatic rings. The SMILES string of the molecule is CC(Sc1ccc(NC(=O)C2CC=CCC2C(=O)O)cc1)C(=O)Nc1ccccc1Cl. The molecule has 0 heterocycles. The number of benzene rings is 2. The number of allylic oxidation sites excluding steroid dienone is 2. The predicted octanol–water partition coefficient (Wildman–Crippen LogP) is 5.06. The highest BCUT2D eigenvalue weighted by Gasteiger charge is 2.33. The van der Waals surface area contributed by atoms with E-state index in [2.05, 4.69) is 10.6 Å². The highest BCUT2D eigenvalue weighted by atomic mass is 35.5. The van der Waals surface area contributed by atoms with Gasteiger partial charge in [-0.15, -0.1) is 11.8 Å². The fraction of sp³-hybridized carbons (Fsp3) is 0.261. The van der Waals surface area contributed by atoms with Crippen LogP contribution in [0.25, 0.3) is 0 Å². The molecular formula is C23H23ClN2O4S. The maximum atomic E-state index is 12.6. The van der Waals surface area contributed by atoms with Crippen molar-refractivity contribution in [3.05, 3.63) is 65.7 Å². The predicted molar refractivity (Wildman–Crippen MR) is 123 cm³/mol. The van der Waals surface area contributed by atoms with Crippen molar-refractivity contribution in [1.29, 1.82) is 0 Å². The summed E-state index contributed by atoms with van der Waals surface area (Å²) >= 11 is 7.46. The van der Waals surface area contributed by atoms with Gasteiger partial charge in [0.1, 0.15) is 0 Å². The zero-order valence-corrected chi connectivity index (χ0v) is 18.5. The van der Waals surface area contributed by atoms with Crippen LogP contribution in [0.2, 0.25) is 5.02 Å². The number of amides is 2. The molecule has 0 aliphatic heterocycles. The van der Waals surface area contributed by atoms with E-state index in [9.17, 15) is 19.5 Å². The van der Waals surface area contributed by atoms with Gasteiger partial charge in [-0.05, 0) is 56.2 Å². The maximum absolute atomic E-state index is 12.6. The number of nitrogens with one attached hydrogen (secondary N) is 2. The van der Waals surface area contributed by atoms with E-state index in [0.717, 1.165) is 4.90 Å². The Kier molecular flexibility index (Phi) is 7.76. The Hall–Kier alpha value is -2.77. The third kappa shape index (κ3) is 6.12. The van der Waals surface area contributed by atoms with Crippen LogP contribution in [0.3, 0.4) is 0 Å². The molecule has 1 aliphatic carbocycles. The number of carbonyl (C=O) groups excluding carboxylic acids is 2. The van der Waals surface area contributed by atoms with Gasteiger partial charge >= 0.3 is 5.97 Å². The van der Waals surface area contributed by atoms with Gasteiger partial charge in [0.2, 0.25) is 11.8 Å². The molecule has 2 aromatic rings. The first kappa shape index (κ1) is 22.9. The summed E-state index contributed by atoms with van der Waals surface area (Å²) in [6.07, 6.45) is 4.42. The lowest BCUT2D eigenvalue weighted by atomic mass is 9.82. The summed E-state index contributed by atoms with van der Waals surface area (Å²) in [5.74, 6) is -2.73. The molecular weight excluding hydrogens is 436 g/mol. The van der Waals surface area contributed by atoms with Crippen LogP contribution < -0.4 is 10.6 Å². The molecule has 3 atom stereocenters. The molecule has 0 aromatic heterocycles. The second-order valence-electron chi connectivity index (χ2n) is 7.24. The number of aliphatic carboxylic acids is 1. The van der Waals surface area contributed by atoms with E-state index in [1.807, 2.05) is 18.2 Å². The normalized spacial score (nSPS) is 18.8. The van der Waals surface area contributed by atoms with Gasteiger partial charge in [-0.3, -0.25) is 14.4 Å². The Morgan fingerprint density at radius 2 is 1.65 bits per heavy atom. The maximum Gasteiger partial charge on any atom is 0.307 e. The summed E-state index contributed by atoms with van der Waals surface area (Å²) in [6.45, 7) is 1.80. The summed E-state index contributed by atoms with van der Waals surface area (Å²) in [4.78, 5) is 37.3. The molecule has 0 saturated heterocycles. The number of anilines is 2. The van der Waals surface area contributed by atoms with Gasteiger partial charge in [0.05, 0.1) is 27.8 Å². The molecule has 2 amide bonds. The van der Waals surface area contributed by atoms with Gasteiger partial charge in [-0.1, -0.05) is 35.9 Å². The smallest absolute Gasteiger partial charge is 0.307 e. The quantitative estimate of drug-likeness (QED) is 0.398. The van der Waals surface area contributed by atoms with E-state index in [1.54, 1.807) is 49.4 Å². The first-order valence-corrected chi connectivity index (χ1v) is 11.1. The molecule has 162 valence electrons. The Labute approximate surface area is 190 Å². The molecule has 31 heavy (non-hydrogen) atoms. The fourth-order valence-electron chi connectivity index (χ4n) is 3.28. The first-order valence-electron chi connectivity index (χ1n) is 9.86. The molecule has 3 N–H and O–H groups in total. The number of rotatable bonds is 7. The monoisotopic (exact) mass is 458 g/mol. The summed E-state index contributed by atoms with van der Waals surface area (Å²) in [5.41, 5.74) is 1.15. The van der Waals surface area contributed by atoms with Crippen LogP contribution in [0, 0.1) is 11.8 Å². The van der Waals surface area contributed by atoms with Crippen LogP contribution in [0.15, 0.2) is 65.6 Å². The lowest BCUT2D eigenvalue weighted by molar-refractivity contribution is -0.146. The Balaban J connectivity index is 1.56. The van der Waals surface area contributed by atoms with E-state index in [1.165, 1.54) is 11.8 Å². The topological polar surface area (TPSA) is 95.5 Å². The van der Waals surface area contributed by atoms with Crippen LogP contribution in [0.4, 0.5) is 11.4 Å². The minimum Gasteiger partial charge on any atom is -0.481 e. The van der Waals surface area contributed by atoms with Gasteiger partial charge in [0.15, 0.2) is 0 Å². The second-order valence-corrected chi connectivity index (χ2v) is 9.06. The number of carbonyl (C=O) groups is 3. The van der Waals surface area contributed by atoms with Gasteiger partial charge in [0.25, 0.3) is 0 Å². The molecule has 0 bridgehead atoms. The molecule has 0 spiro atoms. The Bertz CT molecular complexity index is 993. The second kappa shape index (κ2) is 10.5. The number of hydrogen-bond donors (Lipinski definition) is 3. The van der Waals surface area contributed by atoms with Crippen molar-refractivity contribution in [2.24, 2.45) is 11.8 Å². The third-order valence-corrected chi connectivity index (χ3v) is 6.46. The van der Waals surface area contributed by atoms with E-state index in [4.69, 9.17) is 11.6 Å². The Morgan fingerprint density at radius 3 is 2.29 bits per heavy atom. The van der Waals surface area contributed by atoms with E-state index < -0.39 is 17.8 Å². The molecule has 3 unspecified atom stereocenters. The van der Waals surface area contributed by atoms with Crippen LogP contribution in [-0.2, 0) is 14.4 Å². The number of halogens is 1. The highest BCUT2D eigenvalue weighted by molar-refractivity contribution is 8.00. The van der Waals surface area contributed by atoms with Crippen molar-refractivity contribution in [3.63, 3.8) is 0 Å². The number of para-hydroxylation sites is 1. The summed E-state index contributed by atoms with van der Waals surface area (Å²) in [6, 6.07) is 14.2. The van der Waals surface area contributed by atoms with Gasteiger partial charge in [0, 0.05) is 10.6 Å². The molecule has 0 radical (unpaired) electrons.